The molecule has 2 rings (SSSR count). The average molecular weight is 368 g/mol. The van der Waals surface area contributed by atoms with Crippen molar-refractivity contribution in [2.75, 3.05) is 37.9 Å². The first-order valence-corrected chi connectivity index (χ1v) is 8.99. The molecule has 1 fully saturated rings. The molecule has 130 valence electrons. The van der Waals surface area contributed by atoms with Gasteiger partial charge in [-0.05, 0) is 25.0 Å². The summed E-state index contributed by atoms with van der Waals surface area (Å²) < 4.78 is 10.8. The molecule has 1 aliphatic heterocycles. The first kappa shape index (κ1) is 18.5. The van der Waals surface area contributed by atoms with Crippen LogP contribution in [0.5, 0.6) is 5.75 Å². The van der Waals surface area contributed by atoms with Gasteiger partial charge in [-0.25, -0.2) is 0 Å². The van der Waals surface area contributed by atoms with E-state index in [0.29, 0.717) is 15.8 Å². The molecule has 1 aliphatic rings. The number of carbonyl (C=O) groups is 2. The number of thioether (sulfide) groups is 1. The maximum absolute atomic E-state index is 11.8. The van der Waals surface area contributed by atoms with Crippen molar-refractivity contribution < 1.29 is 19.1 Å². The van der Waals surface area contributed by atoms with Gasteiger partial charge >= 0.3 is 5.97 Å². The van der Waals surface area contributed by atoms with Crippen LogP contribution in [0.4, 0.5) is 5.69 Å². The van der Waals surface area contributed by atoms with Crippen molar-refractivity contribution in [3.63, 3.8) is 0 Å². The van der Waals surface area contributed by atoms with E-state index in [4.69, 9.17) is 21.7 Å². The highest BCUT2D eigenvalue weighted by Crippen LogP contribution is 2.22. The monoisotopic (exact) mass is 368 g/mol. The summed E-state index contributed by atoms with van der Waals surface area (Å²) in [5.74, 6) is -0.225. The number of likely N-dealkylation sites (tertiary alicyclic amines) is 1. The number of anilines is 1. The Morgan fingerprint density at radius 2 is 2.00 bits per heavy atom. The number of esters is 1. The normalized spacial score (nSPS) is 13.5. The third kappa shape index (κ3) is 5.68. The van der Waals surface area contributed by atoms with Crippen LogP contribution in [0.1, 0.15) is 12.8 Å². The Kier molecular flexibility index (Phi) is 7.33. The SMILES string of the molecule is COc1ccccc1NC(=O)COC(=O)CSC(=S)N1CCCC1. The van der Waals surface area contributed by atoms with Crippen molar-refractivity contribution in [1.29, 1.82) is 0 Å². The van der Waals surface area contributed by atoms with E-state index in [1.54, 1.807) is 24.3 Å². The van der Waals surface area contributed by atoms with Crippen LogP contribution in [0.25, 0.3) is 0 Å². The van der Waals surface area contributed by atoms with Gasteiger partial charge in [-0.15, -0.1) is 0 Å². The number of methoxy groups -OCH3 is 1. The Morgan fingerprint density at radius 3 is 2.71 bits per heavy atom. The lowest BCUT2D eigenvalue weighted by Crippen LogP contribution is -2.25. The number of hydrogen-bond acceptors (Lipinski definition) is 6. The van der Waals surface area contributed by atoms with Gasteiger partial charge in [-0.3, -0.25) is 9.59 Å². The third-order valence-corrected chi connectivity index (χ3v) is 4.92. The number of carbonyl (C=O) groups excluding carboxylic acids is 2. The largest absolute Gasteiger partial charge is 0.495 e. The summed E-state index contributed by atoms with van der Waals surface area (Å²) in [6.45, 7) is 1.55. The Labute approximate surface area is 150 Å². The lowest BCUT2D eigenvalue weighted by molar-refractivity contribution is -0.144. The van der Waals surface area contributed by atoms with E-state index in [1.807, 2.05) is 0 Å². The van der Waals surface area contributed by atoms with Gasteiger partial charge in [0.1, 0.15) is 10.1 Å². The van der Waals surface area contributed by atoms with Crippen molar-refractivity contribution in [1.82, 2.24) is 4.90 Å². The Morgan fingerprint density at radius 1 is 1.29 bits per heavy atom. The predicted octanol–water partition coefficient (Wildman–Crippen LogP) is 2.29. The molecule has 0 saturated carbocycles. The van der Waals surface area contributed by atoms with Gasteiger partial charge in [0.25, 0.3) is 5.91 Å². The molecule has 24 heavy (non-hydrogen) atoms. The zero-order chi connectivity index (χ0) is 17.4. The number of para-hydroxylation sites is 2. The topological polar surface area (TPSA) is 67.9 Å². The van der Waals surface area contributed by atoms with Crippen molar-refractivity contribution in [3.05, 3.63) is 24.3 Å². The molecule has 0 aliphatic carbocycles. The molecule has 8 heteroatoms. The van der Waals surface area contributed by atoms with Gasteiger partial charge in [0, 0.05) is 13.1 Å². The molecule has 0 unspecified atom stereocenters. The van der Waals surface area contributed by atoms with E-state index < -0.39 is 11.9 Å². The number of rotatable bonds is 6. The molecular weight excluding hydrogens is 348 g/mol. The zero-order valence-corrected chi connectivity index (χ0v) is 15.1. The highest BCUT2D eigenvalue weighted by molar-refractivity contribution is 8.23. The molecule has 1 amide bonds. The molecular formula is C16H20N2O4S2. The zero-order valence-electron chi connectivity index (χ0n) is 13.4. The van der Waals surface area contributed by atoms with E-state index in [-0.39, 0.29) is 12.4 Å². The highest BCUT2D eigenvalue weighted by Gasteiger charge is 2.17. The number of amides is 1. The number of thiocarbonyl (C=S) groups is 1. The second-order valence-electron chi connectivity index (χ2n) is 5.16. The van der Waals surface area contributed by atoms with Crippen LogP contribution in [-0.2, 0) is 14.3 Å². The Balaban J connectivity index is 1.69. The van der Waals surface area contributed by atoms with E-state index in [2.05, 4.69) is 10.2 Å². The fourth-order valence-corrected chi connectivity index (χ4v) is 3.28. The van der Waals surface area contributed by atoms with Crippen LogP contribution in [0.2, 0.25) is 0 Å². The summed E-state index contributed by atoms with van der Waals surface area (Å²) >= 11 is 6.54. The molecule has 1 aromatic rings. The van der Waals surface area contributed by atoms with E-state index in [9.17, 15) is 9.59 Å². The molecule has 1 N–H and O–H groups in total. The first-order valence-electron chi connectivity index (χ1n) is 7.60. The minimum atomic E-state index is -0.461. The van der Waals surface area contributed by atoms with Gasteiger partial charge in [-0.1, -0.05) is 36.1 Å². The minimum Gasteiger partial charge on any atom is -0.495 e. The summed E-state index contributed by atoms with van der Waals surface area (Å²) in [6, 6.07) is 7.02. The summed E-state index contributed by atoms with van der Waals surface area (Å²) in [5.41, 5.74) is 0.533. The standard InChI is InChI=1S/C16H20N2O4S2/c1-21-13-7-3-2-6-12(13)17-14(19)10-22-15(20)11-24-16(23)18-8-4-5-9-18/h2-3,6-7H,4-5,8-11H2,1H3,(H,17,19). The molecule has 1 saturated heterocycles. The number of benzene rings is 1. The fourth-order valence-electron chi connectivity index (χ4n) is 2.23. The quantitative estimate of drug-likeness (QED) is 0.610. The van der Waals surface area contributed by atoms with Gasteiger partial charge in [0.05, 0.1) is 18.6 Å². The van der Waals surface area contributed by atoms with Crippen LogP contribution in [0.3, 0.4) is 0 Å². The third-order valence-electron chi connectivity index (χ3n) is 3.42. The van der Waals surface area contributed by atoms with Crippen molar-refractivity contribution >= 4 is 45.9 Å². The lowest BCUT2D eigenvalue weighted by atomic mass is 10.3. The predicted molar refractivity (Wildman–Crippen MR) is 98.4 cm³/mol. The number of nitrogens with one attached hydrogen (secondary N) is 1. The van der Waals surface area contributed by atoms with Gasteiger partial charge in [0.15, 0.2) is 6.61 Å². The Hall–Kier alpha value is -1.80. The van der Waals surface area contributed by atoms with Crippen molar-refractivity contribution in [2.24, 2.45) is 0 Å². The molecule has 6 nitrogen and oxygen atoms in total. The van der Waals surface area contributed by atoms with Crippen molar-refractivity contribution in [3.8, 4) is 5.75 Å². The fraction of sp³-hybridized carbons (Fsp3) is 0.438. The van der Waals surface area contributed by atoms with Crippen LogP contribution in [0, 0.1) is 0 Å². The summed E-state index contributed by atoms with van der Waals surface area (Å²) in [4.78, 5) is 25.6. The molecule has 0 spiro atoms. The molecule has 0 radical (unpaired) electrons. The molecule has 1 aromatic carbocycles. The van der Waals surface area contributed by atoms with Crippen LogP contribution in [-0.4, -0.2) is 53.7 Å². The molecule has 1 heterocycles. The number of nitrogens with zero attached hydrogens (tertiary/aromatic N) is 1. The van der Waals surface area contributed by atoms with Gasteiger partial charge < -0.3 is 19.7 Å². The second kappa shape index (κ2) is 9.48. The van der Waals surface area contributed by atoms with E-state index >= 15 is 0 Å². The molecule has 0 atom stereocenters. The van der Waals surface area contributed by atoms with Crippen molar-refractivity contribution in [2.45, 2.75) is 12.8 Å². The maximum atomic E-state index is 11.8. The van der Waals surface area contributed by atoms with E-state index in [1.165, 1.54) is 18.9 Å². The van der Waals surface area contributed by atoms with Crippen LogP contribution in [0.15, 0.2) is 24.3 Å². The summed E-state index contributed by atoms with van der Waals surface area (Å²) in [7, 11) is 1.52. The lowest BCUT2D eigenvalue weighted by Gasteiger charge is -2.17. The maximum Gasteiger partial charge on any atom is 0.316 e. The van der Waals surface area contributed by atoms with E-state index in [0.717, 1.165) is 25.9 Å². The highest BCUT2D eigenvalue weighted by atomic mass is 32.2. The number of ether oxygens (including phenoxy) is 2. The Bertz CT molecular complexity index is 603. The molecule has 0 aromatic heterocycles. The summed E-state index contributed by atoms with van der Waals surface area (Å²) in [6.07, 6.45) is 2.27. The minimum absolute atomic E-state index is 0.108. The second-order valence-corrected chi connectivity index (χ2v) is 6.77. The van der Waals surface area contributed by atoms with Crippen LogP contribution >= 0.6 is 24.0 Å². The average Bonchev–Trinajstić information content (AvgIpc) is 3.13. The first-order chi connectivity index (χ1) is 11.6. The van der Waals surface area contributed by atoms with Crippen LogP contribution < -0.4 is 10.1 Å². The van der Waals surface area contributed by atoms with Gasteiger partial charge in [0.2, 0.25) is 0 Å². The van der Waals surface area contributed by atoms with Gasteiger partial charge in [-0.2, -0.15) is 0 Å². The molecule has 0 bridgehead atoms. The smallest absolute Gasteiger partial charge is 0.316 e. The summed E-state index contributed by atoms with van der Waals surface area (Å²) in [5, 5.41) is 2.64. The number of hydrogen-bond donors (Lipinski definition) is 1.